The van der Waals surface area contributed by atoms with E-state index in [2.05, 4.69) is 10.6 Å². The van der Waals surface area contributed by atoms with Crippen molar-refractivity contribution in [2.24, 2.45) is 0 Å². The van der Waals surface area contributed by atoms with Crippen molar-refractivity contribution < 1.29 is 14.3 Å². The van der Waals surface area contributed by atoms with E-state index in [1.807, 2.05) is 43.3 Å². The van der Waals surface area contributed by atoms with Gasteiger partial charge in [0, 0.05) is 37.2 Å². The number of hydrogen-bond donors (Lipinski definition) is 2. The van der Waals surface area contributed by atoms with E-state index in [1.165, 1.54) is 0 Å². The van der Waals surface area contributed by atoms with Gasteiger partial charge in [-0.3, -0.25) is 9.59 Å². The zero-order valence-electron chi connectivity index (χ0n) is 15.0. The molecule has 1 saturated heterocycles. The minimum absolute atomic E-state index is 0.0193. The Bertz CT molecular complexity index is 765. The summed E-state index contributed by atoms with van der Waals surface area (Å²) >= 11 is 0. The lowest BCUT2D eigenvalue weighted by Gasteiger charge is -2.23. The minimum Gasteiger partial charge on any atom is -0.374 e. The maximum absolute atomic E-state index is 12.3. The van der Waals surface area contributed by atoms with Gasteiger partial charge < -0.3 is 15.4 Å². The monoisotopic (exact) mass is 352 g/mol. The second-order valence-electron chi connectivity index (χ2n) is 6.34. The zero-order chi connectivity index (χ0) is 18.4. The summed E-state index contributed by atoms with van der Waals surface area (Å²) in [6.45, 7) is 4.64. The van der Waals surface area contributed by atoms with Gasteiger partial charge in [0.15, 0.2) is 5.78 Å². The molecular weight excluding hydrogens is 328 g/mol. The summed E-state index contributed by atoms with van der Waals surface area (Å²) in [5, 5.41) is 6.15. The molecule has 1 unspecified atom stereocenters. The molecule has 1 fully saturated rings. The number of amides is 1. The molecule has 5 heteroatoms. The van der Waals surface area contributed by atoms with Crippen molar-refractivity contribution in [3.05, 3.63) is 59.7 Å². The first-order valence-electron chi connectivity index (χ1n) is 9.01. The van der Waals surface area contributed by atoms with E-state index in [0.29, 0.717) is 30.7 Å². The highest BCUT2D eigenvalue weighted by atomic mass is 16.5. The van der Waals surface area contributed by atoms with Crippen LogP contribution < -0.4 is 10.6 Å². The number of morpholine rings is 1. The molecule has 2 aromatic rings. The molecule has 1 atom stereocenters. The number of rotatable bonds is 6. The van der Waals surface area contributed by atoms with Gasteiger partial charge in [0.2, 0.25) is 0 Å². The maximum atomic E-state index is 12.3. The van der Waals surface area contributed by atoms with Crippen LogP contribution in [0.25, 0.3) is 11.1 Å². The number of benzene rings is 2. The number of carbonyl (C=O) groups is 2. The number of hydrogen-bond acceptors (Lipinski definition) is 4. The minimum atomic E-state index is -0.111. The normalized spacial score (nSPS) is 16.9. The standard InChI is InChI=1S/C21H24N2O3/c1-2-20(24)18-5-3-4-17(12-18)15-6-8-16(9-7-15)21(25)23-14-19-13-22-10-11-26-19/h3-9,12,19,22H,2,10-11,13-14H2,1H3,(H,23,25). The topological polar surface area (TPSA) is 67.4 Å². The Balaban J connectivity index is 1.64. The first-order chi connectivity index (χ1) is 12.7. The average Bonchev–Trinajstić information content (AvgIpc) is 2.72. The molecule has 1 aliphatic heterocycles. The van der Waals surface area contributed by atoms with Crippen LogP contribution >= 0.6 is 0 Å². The Morgan fingerprint density at radius 1 is 1.12 bits per heavy atom. The van der Waals surface area contributed by atoms with Gasteiger partial charge in [-0.1, -0.05) is 37.3 Å². The van der Waals surface area contributed by atoms with Gasteiger partial charge in [-0.2, -0.15) is 0 Å². The Kier molecular flexibility index (Phi) is 6.15. The van der Waals surface area contributed by atoms with E-state index < -0.39 is 0 Å². The molecule has 1 amide bonds. The largest absolute Gasteiger partial charge is 0.374 e. The highest BCUT2D eigenvalue weighted by Crippen LogP contribution is 2.21. The fourth-order valence-corrected chi connectivity index (χ4v) is 2.95. The maximum Gasteiger partial charge on any atom is 0.251 e. The fraction of sp³-hybridized carbons (Fsp3) is 0.333. The summed E-state index contributed by atoms with van der Waals surface area (Å²) in [4.78, 5) is 24.2. The van der Waals surface area contributed by atoms with E-state index in [-0.39, 0.29) is 17.8 Å². The molecule has 3 rings (SSSR count). The van der Waals surface area contributed by atoms with Crippen molar-refractivity contribution in [3.63, 3.8) is 0 Å². The summed E-state index contributed by atoms with van der Waals surface area (Å²) in [6, 6.07) is 15.0. The fourth-order valence-electron chi connectivity index (χ4n) is 2.95. The predicted molar refractivity (Wildman–Crippen MR) is 101 cm³/mol. The molecule has 1 heterocycles. The molecule has 0 radical (unpaired) electrons. The molecule has 0 spiro atoms. The van der Waals surface area contributed by atoms with E-state index in [9.17, 15) is 9.59 Å². The summed E-state index contributed by atoms with van der Waals surface area (Å²) in [7, 11) is 0. The Labute approximate surface area is 153 Å². The third-order valence-electron chi connectivity index (χ3n) is 4.48. The number of Topliss-reactive ketones (excluding diaryl/α,β-unsaturated/α-hetero) is 1. The van der Waals surface area contributed by atoms with E-state index >= 15 is 0 Å². The van der Waals surface area contributed by atoms with Crippen LogP contribution in [-0.4, -0.2) is 44.0 Å². The van der Waals surface area contributed by atoms with Gasteiger partial charge in [0.05, 0.1) is 12.7 Å². The molecule has 1 aliphatic rings. The summed E-state index contributed by atoms with van der Waals surface area (Å²) < 4.78 is 5.58. The lowest BCUT2D eigenvalue weighted by Crippen LogP contribution is -2.45. The van der Waals surface area contributed by atoms with Crippen molar-refractivity contribution >= 4 is 11.7 Å². The molecule has 2 N–H and O–H groups in total. The average molecular weight is 352 g/mol. The second kappa shape index (κ2) is 8.74. The van der Waals surface area contributed by atoms with Gasteiger partial charge in [0.25, 0.3) is 5.91 Å². The highest BCUT2D eigenvalue weighted by Gasteiger charge is 2.15. The summed E-state index contributed by atoms with van der Waals surface area (Å²) in [5.74, 6) is 0.0166. The smallest absolute Gasteiger partial charge is 0.251 e. The van der Waals surface area contributed by atoms with Gasteiger partial charge >= 0.3 is 0 Å². The SMILES string of the molecule is CCC(=O)c1cccc(-c2ccc(C(=O)NCC3CNCCO3)cc2)c1. The lowest BCUT2D eigenvalue weighted by molar-refractivity contribution is 0.0287. The summed E-state index contributed by atoms with van der Waals surface area (Å²) in [5.41, 5.74) is 3.27. The van der Waals surface area contributed by atoms with Crippen LogP contribution in [-0.2, 0) is 4.74 Å². The van der Waals surface area contributed by atoms with Crippen LogP contribution in [0.1, 0.15) is 34.1 Å². The van der Waals surface area contributed by atoms with E-state index in [1.54, 1.807) is 12.1 Å². The van der Waals surface area contributed by atoms with E-state index in [4.69, 9.17) is 4.74 Å². The predicted octanol–water partition coefficient (Wildman–Crippen LogP) is 2.66. The van der Waals surface area contributed by atoms with Crippen LogP contribution in [0, 0.1) is 0 Å². The van der Waals surface area contributed by atoms with Crippen LogP contribution in [0.3, 0.4) is 0 Å². The van der Waals surface area contributed by atoms with E-state index in [0.717, 1.165) is 24.2 Å². The van der Waals surface area contributed by atoms with Crippen molar-refractivity contribution in [3.8, 4) is 11.1 Å². The molecule has 0 aliphatic carbocycles. The summed E-state index contributed by atoms with van der Waals surface area (Å²) in [6.07, 6.45) is 0.508. The molecule has 136 valence electrons. The molecule has 5 nitrogen and oxygen atoms in total. The first kappa shape index (κ1) is 18.3. The van der Waals surface area contributed by atoms with Crippen molar-refractivity contribution in [1.29, 1.82) is 0 Å². The Morgan fingerprint density at radius 3 is 2.62 bits per heavy atom. The Hall–Kier alpha value is -2.50. The van der Waals surface area contributed by atoms with Crippen LogP contribution in [0.5, 0.6) is 0 Å². The quantitative estimate of drug-likeness (QED) is 0.785. The van der Waals surface area contributed by atoms with Crippen LogP contribution in [0.2, 0.25) is 0 Å². The molecule has 0 saturated carbocycles. The molecule has 0 bridgehead atoms. The van der Waals surface area contributed by atoms with Crippen molar-refractivity contribution in [2.45, 2.75) is 19.4 Å². The molecule has 2 aromatic carbocycles. The zero-order valence-corrected chi connectivity index (χ0v) is 15.0. The van der Waals surface area contributed by atoms with Gasteiger partial charge in [0.1, 0.15) is 0 Å². The van der Waals surface area contributed by atoms with Gasteiger partial charge in [-0.05, 0) is 29.3 Å². The molecule has 26 heavy (non-hydrogen) atoms. The molecular formula is C21H24N2O3. The Morgan fingerprint density at radius 2 is 1.92 bits per heavy atom. The second-order valence-corrected chi connectivity index (χ2v) is 6.34. The highest BCUT2D eigenvalue weighted by molar-refractivity contribution is 5.97. The van der Waals surface area contributed by atoms with Crippen LogP contribution in [0.15, 0.2) is 48.5 Å². The number of ketones is 1. The third-order valence-corrected chi connectivity index (χ3v) is 4.48. The van der Waals surface area contributed by atoms with Crippen molar-refractivity contribution in [1.82, 2.24) is 10.6 Å². The van der Waals surface area contributed by atoms with Gasteiger partial charge in [-0.15, -0.1) is 0 Å². The van der Waals surface area contributed by atoms with Crippen LogP contribution in [0.4, 0.5) is 0 Å². The van der Waals surface area contributed by atoms with Crippen molar-refractivity contribution in [2.75, 3.05) is 26.2 Å². The number of nitrogens with one attached hydrogen (secondary N) is 2. The number of carbonyl (C=O) groups excluding carboxylic acids is 2. The molecule has 0 aromatic heterocycles. The van der Waals surface area contributed by atoms with Gasteiger partial charge in [-0.25, -0.2) is 0 Å². The lowest BCUT2D eigenvalue weighted by atomic mass is 9.99. The third kappa shape index (κ3) is 4.56. The number of ether oxygens (including phenoxy) is 1. The first-order valence-corrected chi connectivity index (χ1v) is 9.01.